The third-order valence-electron chi connectivity index (χ3n) is 6.76. The first-order chi connectivity index (χ1) is 16.4. The van der Waals surface area contributed by atoms with Crippen LogP contribution in [0.5, 0.6) is 0 Å². The number of aldehydes is 1. The van der Waals surface area contributed by atoms with Gasteiger partial charge in [-0.25, -0.2) is 4.99 Å². The summed E-state index contributed by atoms with van der Waals surface area (Å²) in [6, 6.07) is 0.462. The van der Waals surface area contributed by atoms with E-state index in [0.29, 0.717) is 18.4 Å². The van der Waals surface area contributed by atoms with E-state index in [0.717, 1.165) is 54.8 Å². The van der Waals surface area contributed by atoms with Gasteiger partial charge in [-0.05, 0) is 51.5 Å². The number of aliphatic imine (C=N–C) groups is 2. The van der Waals surface area contributed by atoms with Gasteiger partial charge in [0.25, 0.3) is 0 Å². The minimum Gasteiger partial charge on any atom is -0.360 e. The number of carbonyl (C=O) groups is 1. The molecule has 2 rings (SSSR count). The molecule has 0 atom stereocenters. The molecule has 0 aromatic rings. The van der Waals surface area contributed by atoms with Gasteiger partial charge in [0.2, 0.25) is 5.96 Å². The zero-order valence-corrected chi connectivity index (χ0v) is 22.3. The number of hydrogen-bond donors (Lipinski definition) is 0. The lowest BCUT2D eigenvalue weighted by Gasteiger charge is -2.34. The second kappa shape index (κ2) is 14.7. The third-order valence-corrected chi connectivity index (χ3v) is 6.76. The summed E-state index contributed by atoms with van der Waals surface area (Å²) in [5.41, 5.74) is 3.94. The van der Waals surface area contributed by atoms with E-state index < -0.39 is 0 Å². The maximum absolute atomic E-state index is 11.6. The molecule has 0 aromatic carbocycles. The molecule has 0 spiro atoms. The predicted molar refractivity (Wildman–Crippen MR) is 146 cm³/mol. The van der Waals surface area contributed by atoms with Crippen LogP contribution in [0.3, 0.4) is 0 Å². The van der Waals surface area contributed by atoms with Crippen molar-refractivity contribution in [3.05, 3.63) is 47.5 Å². The van der Waals surface area contributed by atoms with Gasteiger partial charge in [0.1, 0.15) is 12.1 Å². The van der Waals surface area contributed by atoms with Crippen molar-refractivity contribution in [1.29, 1.82) is 0 Å². The van der Waals surface area contributed by atoms with Crippen LogP contribution in [0.15, 0.2) is 57.5 Å². The van der Waals surface area contributed by atoms with Gasteiger partial charge in [0, 0.05) is 36.6 Å². The summed E-state index contributed by atoms with van der Waals surface area (Å²) in [5, 5.41) is 0. The third kappa shape index (κ3) is 8.41. The number of carbonyl (C=O) groups excluding carboxylic acids is 1. The molecule has 0 aromatic heterocycles. The Balaban J connectivity index is 2.51. The zero-order chi connectivity index (χ0) is 24.9. The van der Waals surface area contributed by atoms with Gasteiger partial charge in [-0.1, -0.05) is 77.2 Å². The molecule has 0 radical (unpaired) electrons. The lowest BCUT2D eigenvalue weighted by molar-refractivity contribution is -0.105. The standard InChI is InChI=1S/C29H46N4O/c1-7-15-25(22-34)20-21-28(32(6)27-17-12-10-9-11-13-18-27)31-29(30-23(3)4)33-24(5)16-14-19-26(33)8-2/h16,19-20,22,27H,3,7-15,17-18,21H2,1-2,4-6H3/b25-20-,30-29?,31-28+. The molecule has 0 saturated heterocycles. The minimum atomic E-state index is 0.462. The fraction of sp³-hybridized carbons (Fsp3) is 0.621. The van der Waals surface area contributed by atoms with Gasteiger partial charge < -0.3 is 4.90 Å². The second-order valence-corrected chi connectivity index (χ2v) is 9.60. The summed E-state index contributed by atoms with van der Waals surface area (Å²) in [6.07, 6.45) is 20.6. The van der Waals surface area contributed by atoms with Crippen molar-refractivity contribution in [3.8, 4) is 0 Å². The average Bonchev–Trinajstić information content (AvgIpc) is 2.79. The van der Waals surface area contributed by atoms with Crippen LogP contribution in [0, 0.1) is 0 Å². The van der Waals surface area contributed by atoms with Crippen molar-refractivity contribution in [2.45, 2.75) is 111 Å². The molecule has 1 heterocycles. The first-order valence-electron chi connectivity index (χ1n) is 13.3. The molecule has 0 amide bonds. The van der Waals surface area contributed by atoms with Crippen LogP contribution in [-0.2, 0) is 4.79 Å². The van der Waals surface area contributed by atoms with E-state index >= 15 is 0 Å². The van der Waals surface area contributed by atoms with Crippen LogP contribution in [-0.4, -0.2) is 41.0 Å². The van der Waals surface area contributed by atoms with Gasteiger partial charge in [-0.2, -0.15) is 4.99 Å². The van der Waals surface area contributed by atoms with Crippen molar-refractivity contribution in [1.82, 2.24) is 9.80 Å². The highest BCUT2D eigenvalue weighted by atomic mass is 16.1. The van der Waals surface area contributed by atoms with E-state index in [1.54, 1.807) is 0 Å². The van der Waals surface area contributed by atoms with Crippen molar-refractivity contribution in [2.75, 3.05) is 7.05 Å². The molecule has 188 valence electrons. The maximum atomic E-state index is 11.6. The fourth-order valence-corrected chi connectivity index (χ4v) is 4.80. The first-order valence-corrected chi connectivity index (χ1v) is 13.3. The molecule has 1 fully saturated rings. The van der Waals surface area contributed by atoms with E-state index in [1.807, 2.05) is 6.92 Å². The Hall–Kier alpha value is -2.43. The number of rotatable bonds is 8. The SMILES string of the molecule is C=C(C)N=C(/N=C(\C/C=C(\C=O)CCC)N(C)C1CCCCCCC1)N1C(C)=CCC=C1CC. The highest BCUT2D eigenvalue weighted by Crippen LogP contribution is 2.26. The highest BCUT2D eigenvalue weighted by molar-refractivity contribution is 5.98. The Morgan fingerprint density at radius 3 is 2.41 bits per heavy atom. The number of allylic oxidation sites excluding steroid dienone is 6. The number of hydrogen-bond acceptors (Lipinski definition) is 2. The van der Waals surface area contributed by atoms with Crippen LogP contribution in [0.4, 0.5) is 0 Å². The van der Waals surface area contributed by atoms with Crippen molar-refractivity contribution >= 4 is 18.1 Å². The van der Waals surface area contributed by atoms with E-state index in [-0.39, 0.29) is 0 Å². The number of amidine groups is 1. The monoisotopic (exact) mass is 466 g/mol. The molecule has 0 unspecified atom stereocenters. The minimum absolute atomic E-state index is 0.462. The van der Waals surface area contributed by atoms with Crippen LogP contribution in [0.2, 0.25) is 0 Å². The zero-order valence-electron chi connectivity index (χ0n) is 22.3. The molecule has 5 nitrogen and oxygen atoms in total. The van der Waals surface area contributed by atoms with Crippen molar-refractivity contribution < 1.29 is 4.79 Å². The smallest absolute Gasteiger partial charge is 0.235 e. The molecule has 5 heteroatoms. The molecule has 2 aliphatic rings. The first kappa shape index (κ1) is 27.8. The Bertz CT molecular complexity index is 838. The van der Waals surface area contributed by atoms with E-state index in [2.05, 4.69) is 62.4 Å². The van der Waals surface area contributed by atoms with Crippen LogP contribution in [0.1, 0.15) is 105 Å². The van der Waals surface area contributed by atoms with E-state index in [1.165, 1.54) is 50.6 Å². The molecule has 0 bridgehead atoms. The predicted octanol–water partition coefficient (Wildman–Crippen LogP) is 7.54. The molecule has 0 N–H and O–H groups in total. The van der Waals surface area contributed by atoms with E-state index in [9.17, 15) is 4.79 Å². The van der Waals surface area contributed by atoms with Crippen LogP contribution in [0.25, 0.3) is 0 Å². The average molecular weight is 467 g/mol. The molecule has 1 aliphatic carbocycles. The van der Waals surface area contributed by atoms with Gasteiger partial charge in [-0.15, -0.1) is 0 Å². The quantitative estimate of drug-likeness (QED) is 0.161. The van der Waals surface area contributed by atoms with Crippen molar-refractivity contribution in [2.24, 2.45) is 9.98 Å². The number of nitrogens with zero attached hydrogens (tertiary/aromatic N) is 4. The molecular weight excluding hydrogens is 420 g/mol. The Morgan fingerprint density at radius 1 is 1.15 bits per heavy atom. The summed E-state index contributed by atoms with van der Waals surface area (Å²) in [5.74, 6) is 1.63. The summed E-state index contributed by atoms with van der Waals surface area (Å²) in [4.78, 5) is 26.1. The summed E-state index contributed by atoms with van der Waals surface area (Å²) in [6.45, 7) is 12.4. The van der Waals surface area contributed by atoms with Crippen LogP contribution < -0.4 is 0 Å². The van der Waals surface area contributed by atoms with Gasteiger partial charge in [0.05, 0.1) is 0 Å². The summed E-state index contributed by atoms with van der Waals surface area (Å²) >= 11 is 0. The summed E-state index contributed by atoms with van der Waals surface area (Å²) in [7, 11) is 2.17. The topological polar surface area (TPSA) is 48.3 Å². The van der Waals surface area contributed by atoms with Crippen molar-refractivity contribution in [3.63, 3.8) is 0 Å². The lowest BCUT2D eigenvalue weighted by Crippen LogP contribution is -2.39. The Kier molecular flexibility index (Phi) is 12.1. The largest absolute Gasteiger partial charge is 0.360 e. The fourth-order valence-electron chi connectivity index (χ4n) is 4.80. The molecule has 1 aliphatic heterocycles. The van der Waals surface area contributed by atoms with Gasteiger partial charge in [0.15, 0.2) is 0 Å². The molecular formula is C29H46N4O. The Morgan fingerprint density at radius 2 is 1.82 bits per heavy atom. The lowest BCUT2D eigenvalue weighted by atomic mass is 9.95. The molecule has 34 heavy (non-hydrogen) atoms. The Labute approximate surface area is 208 Å². The van der Waals surface area contributed by atoms with Gasteiger partial charge in [-0.3, -0.25) is 9.69 Å². The molecule has 1 saturated carbocycles. The maximum Gasteiger partial charge on any atom is 0.235 e. The second-order valence-electron chi connectivity index (χ2n) is 9.60. The highest BCUT2D eigenvalue weighted by Gasteiger charge is 2.23. The van der Waals surface area contributed by atoms with Crippen LogP contribution >= 0.6 is 0 Å². The van der Waals surface area contributed by atoms with E-state index in [4.69, 9.17) is 9.98 Å². The summed E-state index contributed by atoms with van der Waals surface area (Å²) < 4.78 is 0. The normalized spacial score (nSPS) is 19.2. The van der Waals surface area contributed by atoms with Gasteiger partial charge >= 0.3 is 0 Å². The number of guanidine groups is 1.